The van der Waals surface area contributed by atoms with E-state index >= 15 is 0 Å². The van der Waals surface area contributed by atoms with Crippen molar-refractivity contribution in [1.29, 1.82) is 0 Å². The number of carbonyl (C=O) groups is 1. The van der Waals surface area contributed by atoms with Crippen LogP contribution in [0.15, 0.2) is 60.8 Å². The van der Waals surface area contributed by atoms with Crippen LogP contribution in [0, 0.1) is 0 Å². The van der Waals surface area contributed by atoms with Crippen LogP contribution in [0.1, 0.15) is 60.2 Å². The number of ether oxygens (including phenoxy) is 3. The van der Waals surface area contributed by atoms with Crippen LogP contribution >= 0.6 is 0 Å². The molecule has 1 amide bonds. The molecule has 8 nitrogen and oxygen atoms in total. The molecule has 4 aliphatic heterocycles. The van der Waals surface area contributed by atoms with Crippen LogP contribution in [0.4, 0.5) is 5.82 Å². The van der Waals surface area contributed by atoms with Gasteiger partial charge in [0.15, 0.2) is 11.5 Å². The van der Waals surface area contributed by atoms with Gasteiger partial charge in [0.2, 0.25) is 0 Å². The summed E-state index contributed by atoms with van der Waals surface area (Å²) < 4.78 is 17.7. The second-order valence-corrected chi connectivity index (χ2v) is 12.0. The van der Waals surface area contributed by atoms with Crippen molar-refractivity contribution in [2.24, 2.45) is 0 Å². The molecular weight excluding hydrogens is 528 g/mol. The Morgan fingerprint density at radius 3 is 2.81 bits per heavy atom. The fraction of sp³-hybridized carbons (Fsp3) is 0.412. The highest BCUT2D eigenvalue weighted by molar-refractivity contribution is 5.99. The number of para-hydroxylation sites is 2. The number of anilines is 1. The van der Waals surface area contributed by atoms with Crippen LogP contribution in [0.25, 0.3) is 5.57 Å². The molecule has 8 heteroatoms. The lowest BCUT2D eigenvalue weighted by atomic mass is 9.94. The number of hydrogen-bond donors (Lipinski definition) is 2. The Labute approximate surface area is 247 Å². The first-order valence-electron chi connectivity index (χ1n) is 15.2. The van der Waals surface area contributed by atoms with Crippen LogP contribution in [0.3, 0.4) is 0 Å². The number of fused-ring (bicyclic) bond motifs is 4. The number of amides is 1. The van der Waals surface area contributed by atoms with Crippen molar-refractivity contribution in [3.8, 4) is 17.2 Å². The fourth-order valence-electron chi connectivity index (χ4n) is 6.81. The van der Waals surface area contributed by atoms with Gasteiger partial charge in [-0.05, 0) is 79.6 Å². The monoisotopic (exact) mass is 566 g/mol. The summed E-state index contributed by atoms with van der Waals surface area (Å²) in [6.07, 6.45) is 8.35. The molecule has 0 radical (unpaired) electrons. The van der Waals surface area contributed by atoms with Crippen molar-refractivity contribution < 1.29 is 19.0 Å². The van der Waals surface area contributed by atoms with Crippen molar-refractivity contribution in [2.45, 2.75) is 70.3 Å². The van der Waals surface area contributed by atoms with Crippen LogP contribution in [-0.2, 0) is 13.0 Å². The van der Waals surface area contributed by atoms with Gasteiger partial charge in [-0.15, -0.1) is 0 Å². The smallest absolute Gasteiger partial charge is 0.255 e. The van der Waals surface area contributed by atoms with Gasteiger partial charge < -0.3 is 24.8 Å². The van der Waals surface area contributed by atoms with Gasteiger partial charge in [0.1, 0.15) is 24.3 Å². The van der Waals surface area contributed by atoms with Gasteiger partial charge in [-0.25, -0.2) is 4.98 Å². The first kappa shape index (κ1) is 26.8. The van der Waals surface area contributed by atoms with E-state index in [9.17, 15) is 4.79 Å². The molecule has 2 aromatic carbocycles. The Bertz CT molecular complexity index is 1520. The second-order valence-electron chi connectivity index (χ2n) is 12.0. The van der Waals surface area contributed by atoms with E-state index in [0.717, 1.165) is 42.1 Å². The summed E-state index contributed by atoms with van der Waals surface area (Å²) in [4.78, 5) is 21.1. The minimum atomic E-state index is -0.276. The summed E-state index contributed by atoms with van der Waals surface area (Å²) in [5.74, 6) is 2.75. The third-order valence-electron chi connectivity index (χ3n) is 8.83. The zero-order valence-corrected chi connectivity index (χ0v) is 24.3. The van der Waals surface area contributed by atoms with Gasteiger partial charge >= 0.3 is 0 Å². The second kappa shape index (κ2) is 11.3. The van der Waals surface area contributed by atoms with E-state index in [-0.39, 0.29) is 12.0 Å². The third-order valence-corrected chi connectivity index (χ3v) is 8.83. The third kappa shape index (κ3) is 5.31. The van der Waals surface area contributed by atoms with E-state index in [1.807, 2.05) is 36.5 Å². The molecule has 0 spiro atoms. The summed E-state index contributed by atoms with van der Waals surface area (Å²) in [6.45, 7) is 6.53. The first-order valence-corrected chi connectivity index (χ1v) is 15.2. The van der Waals surface area contributed by atoms with Crippen LogP contribution < -0.4 is 24.8 Å². The van der Waals surface area contributed by atoms with Crippen molar-refractivity contribution in [2.75, 3.05) is 25.1 Å². The fourth-order valence-corrected chi connectivity index (χ4v) is 6.81. The average molecular weight is 567 g/mol. The van der Waals surface area contributed by atoms with E-state index in [1.165, 1.54) is 24.0 Å². The lowest BCUT2D eigenvalue weighted by molar-refractivity contribution is 0.0789. The summed E-state index contributed by atoms with van der Waals surface area (Å²) in [7, 11) is 0. The number of nitrogens with zero attached hydrogens (tertiary/aromatic N) is 2. The molecule has 4 aliphatic rings. The Morgan fingerprint density at radius 1 is 1.07 bits per heavy atom. The summed E-state index contributed by atoms with van der Waals surface area (Å²) in [5.41, 5.74) is 5.15. The molecule has 2 N–H and O–H groups in total. The van der Waals surface area contributed by atoms with E-state index in [2.05, 4.69) is 53.7 Å². The number of benzene rings is 2. The highest BCUT2D eigenvalue weighted by Crippen LogP contribution is 2.40. The van der Waals surface area contributed by atoms with Gasteiger partial charge in [-0.1, -0.05) is 30.3 Å². The number of rotatable bonds is 8. The van der Waals surface area contributed by atoms with E-state index in [0.29, 0.717) is 55.0 Å². The molecule has 5 heterocycles. The van der Waals surface area contributed by atoms with Gasteiger partial charge in [0.05, 0.1) is 18.7 Å². The van der Waals surface area contributed by atoms with Gasteiger partial charge in [0, 0.05) is 37.3 Å². The molecule has 0 unspecified atom stereocenters. The molecule has 3 atom stereocenters. The molecule has 1 aromatic heterocycles. The molecule has 0 aliphatic carbocycles. The van der Waals surface area contributed by atoms with Gasteiger partial charge in [-0.3, -0.25) is 9.69 Å². The predicted molar refractivity (Wildman–Crippen MR) is 162 cm³/mol. The molecule has 1 fully saturated rings. The van der Waals surface area contributed by atoms with Crippen molar-refractivity contribution >= 4 is 17.3 Å². The number of aromatic nitrogens is 1. The Morgan fingerprint density at radius 2 is 1.95 bits per heavy atom. The first-order chi connectivity index (χ1) is 20.5. The van der Waals surface area contributed by atoms with Gasteiger partial charge in [0.25, 0.3) is 5.91 Å². The molecule has 218 valence electrons. The van der Waals surface area contributed by atoms with Crippen molar-refractivity contribution in [1.82, 2.24) is 15.2 Å². The molecule has 42 heavy (non-hydrogen) atoms. The lowest BCUT2D eigenvalue weighted by Crippen LogP contribution is -2.43. The maximum absolute atomic E-state index is 13.7. The number of nitrogens with one attached hydrogen (secondary N) is 2. The topological polar surface area (TPSA) is 85.0 Å². The van der Waals surface area contributed by atoms with Crippen LogP contribution in [0.5, 0.6) is 17.2 Å². The number of hydrogen-bond acceptors (Lipinski definition) is 7. The summed E-state index contributed by atoms with van der Waals surface area (Å²) in [6, 6.07) is 17.4. The molecule has 2 bridgehead atoms. The standard InChI is InChI=1S/C34H38N4O4/c1-21(2)38-26-9-10-27(38)15-24(14-26)25-16-29(34(39)37-19-28-20-41-30-5-3-4-6-31(30)42-28)33(36-18-25)35-17-22-7-8-23-11-12-40-32(23)13-22/h3-8,13-14,16,18,21,26-28H,9-12,15,17,19-20H2,1-2H3,(H,35,36)(H,37,39)/t26-,27+,28-/m0/s1. The zero-order chi connectivity index (χ0) is 28.6. The van der Waals surface area contributed by atoms with E-state index in [4.69, 9.17) is 19.2 Å². The van der Waals surface area contributed by atoms with Gasteiger partial charge in [-0.2, -0.15) is 0 Å². The minimum absolute atomic E-state index is 0.185. The highest BCUT2D eigenvalue weighted by atomic mass is 16.6. The maximum atomic E-state index is 13.7. The summed E-state index contributed by atoms with van der Waals surface area (Å²) in [5, 5.41) is 6.51. The lowest BCUT2D eigenvalue weighted by Gasteiger charge is -2.37. The maximum Gasteiger partial charge on any atom is 0.255 e. The van der Waals surface area contributed by atoms with E-state index in [1.54, 1.807) is 0 Å². The Hall–Kier alpha value is -4.04. The molecule has 0 saturated carbocycles. The Balaban J connectivity index is 1.11. The van der Waals surface area contributed by atoms with Crippen LogP contribution in [0.2, 0.25) is 0 Å². The highest BCUT2D eigenvalue weighted by Gasteiger charge is 2.38. The SMILES string of the molecule is CC(C)N1[C@@H]2CC[C@H]1C=C(c1cnc(NCc3ccc4c(c3)OCC4)c(C(=O)NC[C@H]3COc4ccccc4O3)c1)C2. The van der Waals surface area contributed by atoms with Crippen molar-refractivity contribution in [3.05, 3.63) is 83.1 Å². The molecule has 3 aromatic rings. The Kier molecular flexibility index (Phi) is 7.24. The predicted octanol–water partition coefficient (Wildman–Crippen LogP) is 5.23. The summed E-state index contributed by atoms with van der Waals surface area (Å²) >= 11 is 0. The number of pyridine rings is 1. The number of carbonyl (C=O) groups excluding carboxylic acids is 1. The molecule has 1 saturated heterocycles. The largest absolute Gasteiger partial charge is 0.493 e. The quantitative estimate of drug-likeness (QED) is 0.386. The average Bonchev–Trinajstić information content (AvgIpc) is 3.59. The normalized spacial score (nSPS) is 22.4. The minimum Gasteiger partial charge on any atom is -0.493 e. The zero-order valence-electron chi connectivity index (χ0n) is 24.3. The molecular formula is C34H38N4O4. The van der Waals surface area contributed by atoms with Crippen molar-refractivity contribution in [3.63, 3.8) is 0 Å². The van der Waals surface area contributed by atoms with E-state index < -0.39 is 0 Å². The van der Waals surface area contributed by atoms with Crippen LogP contribution in [-0.4, -0.2) is 59.8 Å². The molecule has 7 rings (SSSR count).